The van der Waals surface area contributed by atoms with Gasteiger partial charge in [-0.05, 0) is 78.2 Å². The summed E-state index contributed by atoms with van der Waals surface area (Å²) in [7, 11) is 0. The highest BCUT2D eigenvalue weighted by atomic mass is 19.1. The molecule has 0 bridgehead atoms. The summed E-state index contributed by atoms with van der Waals surface area (Å²) in [4.78, 5) is 24.0. The van der Waals surface area contributed by atoms with E-state index in [2.05, 4.69) is 22.8 Å². The molecule has 3 aromatic carbocycles. The first-order chi connectivity index (χ1) is 16.5. The molecule has 2 amide bonds. The van der Waals surface area contributed by atoms with Crippen LogP contribution in [0.25, 0.3) is 0 Å². The molecule has 3 rings (SSSR count). The number of unbranched alkanes of at least 4 members (excludes halogenated alkanes) is 1. The number of carbonyl (C=O) groups excluding carboxylic acids is 2. The lowest BCUT2D eigenvalue weighted by Gasteiger charge is -2.07. The van der Waals surface area contributed by atoms with Gasteiger partial charge in [0.15, 0.2) is 0 Å². The average molecular weight is 464 g/mol. The zero-order chi connectivity index (χ0) is 24.2. The van der Waals surface area contributed by atoms with E-state index < -0.39 is 11.8 Å². The van der Waals surface area contributed by atoms with Gasteiger partial charge in [-0.1, -0.05) is 25.5 Å². The maximum atomic E-state index is 12.9. The van der Waals surface area contributed by atoms with E-state index in [9.17, 15) is 14.0 Å². The molecule has 3 aromatic rings. The van der Waals surface area contributed by atoms with Crippen molar-refractivity contribution in [3.63, 3.8) is 0 Å². The smallest absolute Gasteiger partial charge is 0.329 e. The second kappa shape index (κ2) is 12.7. The maximum Gasteiger partial charge on any atom is 0.329 e. The van der Waals surface area contributed by atoms with Gasteiger partial charge < -0.3 is 14.8 Å². The first-order valence-electron chi connectivity index (χ1n) is 10.9. The monoisotopic (exact) mass is 463 g/mol. The van der Waals surface area contributed by atoms with Gasteiger partial charge in [0.2, 0.25) is 0 Å². The molecule has 0 atom stereocenters. The van der Waals surface area contributed by atoms with Gasteiger partial charge >= 0.3 is 11.8 Å². The molecule has 0 saturated carbocycles. The van der Waals surface area contributed by atoms with Crippen LogP contribution in [0.1, 0.15) is 30.9 Å². The van der Waals surface area contributed by atoms with E-state index in [4.69, 9.17) is 9.47 Å². The highest BCUT2D eigenvalue weighted by molar-refractivity contribution is 6.39. The van der Waals surface area contributed by atoms with Gasteiger partial charge in [-0.25, -0.2) is 9.82 Å². The van der Waals surface area contributed by atoms with Gasteiger partial charge in [-0.2, -0.15) is 5.10 Å². The van der Waals surface area contributed by atoms with Crippen molar-refractivity contribution in [3.8, 4) is 11.5 Å². The lowest BCUT2D eigenvalue weighted by molar-refractivity contribution is -0.136. The Morgan fingerprint density at radius 2 is 1.53 bits per heavy atom. The van der Waals surface area contributed by atoms with E-state index in [0.717, 1.165) is 18.4 Å². The summed E-state index contributed by atoms with van der Waals surface area (Å²) in [5, 5.41) is 6.32. The van der Waals surface area contributed by atoms with Gasteiger partial charge in [0, 0.05) is 5.69 Å². The van der Waals surface area contributed by atoms with E-state index in [1.807, 2.05) is 0 Å². The molecule has 0 unspecified atom stereocenters. The molecule has 7 nitrogen and oxygen atoms in total. The third-order valence-electron chi connectivity index (χ3n) is 4.66. The number of halogens is 1. The van der Waals surface area contributed by atoms with Crippen molar-refractivity contribution >= 4 is 23.7 Å². The second-order valence-electron chi connectivity index (χ2n) is 7.36. The Morgan fingerprint density at radius 3 is 2.21 bits per heavy atom. The highest BCUT2D eigenvalue weighted by Crippen LogP contribution is 2.16. The predicted molar refractivity (Wildman–Crippen MR) is 128 cm³/mol. The number of hydrogen-bond donors (Lipinski definition) is 2. The number of carbonyl (C=O) groups is 2. The first kappa shape index (κ1) is 24.4. The Hall–Kier alpha value is -4.20. The fourth-order valence-corrected chi connectivity index (χ4v) is 2.77. The molecule has 176 valence electrons. The number of benzene rings is 3. The number of rotatable bonds is 10. The summed E-state index contributed by atoms with van der Waals surface area (Å²) in [5.74, 6) is -0.682. The van der Waals surface area contributed by atoms with Crippen molar-refractivity contribution in [3.05, 3.63) is 89.7 Å². The molecular weight excluding hydrogens is 437 g/mol. The van der Waals surface area contributed by atoms with Crippen molar-refractivity contribution in [2.45, 2.75) is 26.4 Å². The van der Waals surface area contributed by atoms with Crippen molar-refractivity contribution in [2.24, 2.45) is 5.10 Å². The predicted octanol–water partition coefficient (Wildman–Crippen LogP) is 4.67. The Bertz CT molecular complexity index is 1100. The van der Waals surface area contributed by atoms with Crippen LogP contribution in [0.5, 0.6) is 11.5 Å². The quantitative estimate of drug-likeness (QED) is 0.198. The van der Waals surface area contributed by atoms with Crippen LogP contribution in [0.2, 0.25) is 0 Å². The van der Waals surface area contributed by atoms with Crippen LogP contribution in [0.3, 0.4) is 0 Å². The average Bonchev–Trinajstić information content (AvgIpc) is 2.85. The maximum absolute atomic E-state index is 12.9. The Labute approximate surface area is 197 Å². The SMILES string of the molecule is CCCCOc1ccc(NC(=O)C(=O)N/N=C\c2ccc(OCc3ccc(F)cc3)cc2)cc1. The fraction of sp³-hybridized carbons (Fsp3) is 0.192. The Balaban J connectivity index is 1.42. The number of amides is 2. The summed E-state index contributed by atoms with van der Waals surface area (Å²) in [5.41, 5.74) is 4.22. The van der Waals surface area contributed by atoms with Crippen LogP contribution in [-0.4, -0.2) is 24.6 Å². The van der Waals surface area contributed by atoms with Gasteiger partial charge in [-0.3, -0.25) is 9.59 Å². The molecule has 0 aliphatic heterocycles. The zero-order valence-electron chi connectivity index (χ0n) is 18.8. The summed E-state index contributed by atoms with van der Waals surface area (Å²) < 4.78 is 24.2. The van der Waals surface area contributed by atoms with Gasteiger partial charge in [-0.15, -0.1) is 0 Å². The summed E-state index contributed by atoms with van der Waals surface area (Å²) in [6.07, 6.45) is 3.43. The molecule has 0 radical (unpaired) electrons. The van der Waals surface area contributed by atoms with Crippen LogP contribution in [0, 0.1) is 5.82 Å². The van der Waals surface area contributed by atoms with Crippen molar-refractivity contribution in [2.75, 3.05) is 11.9 Å². The minimum absolute atomic E-state index is 0.293. The van der Waals surface area contributed by atoms with Crippen LogP contribution in [-0.2, 0) is 16.2 Å². The third-order valence-corrected chi connectivity index (χ3v) is 4.66. The lowest BCUT2D eigenvalue weighted by atomic mass is 10.2. The highest BCUT2D eigenvalue weighted by Gasteiger charge is 2.12. The molecular formula is C26H26FN3O4. The number of anilines is 1. The molecule has 0 heterocycles. The fourth-order valence-electron chi connectivity index (χ4n) is 2.77. The lowest BCUT2D eigenvalue weighted by Crippen LogP contribution is -2.32. The topological polar surface area (TPSA) is 89.0 Å². The van der Waals surface area contributed by atoms with Gasteiger partial charge in [0.1, 0.15) is 23.9 Å². The molecule has 0 aliphatic rings. The molecule has 0 spiro atoms. The molecule has 2 N–H and O–H groups in total. The number of nitrogens with one attached hydrogen (secondary N) is 2. The standard InChI is InChI=1S/C26H26FN3O4/c1-2-3-16-33-23-14-10-22(11-15-23)29-25(31)26(32)30-28-17-19-6-12-24(13-7-19)34-18-20-4-8-21(27)9-5-20/h4-15,17H,2-3,16,18H2,1H3,(H,29,31)(H,30,32)/b28-17-. The van der Waals surface area contributed by atoms with Crippen LogP contribution in [0.15, 0.2) is 77.9 Å². The molecule has 0 saturated heterocycles. The number of nitrogens with zero attached hydrogens (tertiary/aromatic N) is 1. The number of ether oxygens (including phenoxy) is 2. The Morgan fingerprint density at radius 1 is 0.882 bits per heavy atom. The third kappa shape index (κ3) is 8.05. The number of hydrazone groups is 1. The van der Waals surface area contributed by atoms with Crippen molar-refractivity contribution < 1.29 is 23.5 Å². The van der Waals surface area contributed by atoms with E-state index in [-0.39, 0.29) is 5.82 Å². The summed E-state index contributed by atoms with van der Waals surface area (Å²) in [6, 6.07) is 19.9. The van der Waals surface area contributed by atoms with E-state index in [1.54, 1.807) is 60.7 Å². The molecule has 34 heavy (non-hydrogen) atoms. The number of hydrogen-bond acceptors (Lipinski definition) is 5. The second-order valence-corrected chi connectivity index (χ2v) is 7.36. The molecule has 8 heteroatoms. The molecule has 0 fully saturated rings. The van der Waals surface area contributed by atoms with Crippen LogP contribution in [0.4, 0.5) is 10.1 Å². The molecule has 0 aromatic heterocycles. The first-order valence-corrected chi connectivity index (χ1v) is 10.9. The van der Waals surface area contributed by atoms with E-state index >= 15 is 0 Å². The van der Waals surface area contributed by atoms with E-state index in [0.29, 0.717) is 36.0 Å². The summed E-state index contributed by atoms with van der Waals surface area (Å²) >= 11 is 0. The van der Waals surface area contributed by atoms with Crippen LogP contribution >= 0.6 is 0 Å². The van der Waals surface area contributed by atoms with Crippen molar-refractivity contribution in [1.82, 2.24) is 5.43 Å². The Kier molecular flexibility index (Phi) is 9.16. The zero-order valence-corrected chi connectivity index (χ0v) is 18.8. The minimum atomic E-state index is -0.890. The van der Waals surface area contributed by atoms with Gasteiger partial charge in [0.05, 0.1) is 12.8 Å². The van der Waals surface area contributed by atoms with Crippen molar-refractivity contribution in [1.29, 1.82) is 0 Å². The molecule has 0 aliphatic carbocycles. The minimum Gasteiger partial charge on any atom is -0.494 e. The van der Waals surface area contributed by atoms with Gasteiger partial charge in [0.25, 0.3) is 0 Å². The van der Waals surface area contributed by atoms with E-state index in [1.165, 1.54) is 18.3 Å². The van der Waals surface area contributed by atoms with Crippen LogP contribution < -0.4 is 20.2 Å². The largest absolute Gasteiger partial charge is 0.494 e. The normalized spacial score (nSPS) is 10.6. The summed E-state index contributed by atoms with van der Waals surface area (Å²) in [6.45, 7) is 3.03.